The van der Waals surface area contributed by atoms with Crippen LogP contribution < -0.4 is 5.32 Å². The number of allylic oxidation sites excluding steroid dienone is 2. The number of anilines is 1. The minimum absolute atomic E-state index is 0.0920. The van der Waals surface area contributed by atoms with Gasteiger partial charge in [-0.2, -0.15) is 0 Å². The van der Waals surface area contributed by atoms with E-state index in [1.807, 2.05) is 18.2 Å². The number of hydrogen-bond donors (Lipinski definition) is 1. The molecule has 1 N–H and O–H groups in total. The monoisotopic (exact) mass is 360 g/mol. The van der Waals surface area contributed by atoms with Gasteiger partial charge in [-0.25, -0.2) is 0 Å². The van der Waals surface area contributed by atoms with Gasteiger partial charge in [-0.15, -0.1) is 0 Å². The third-order valence-electron chi connectivity index (χ3n) is 4.89. The molecule has 0 bridgehead atoms. The number of halogens is 2. The van der Waals surface area contributed by atoms with Gasteiger partial charge in [-0.05, 0) is 29.5 Å². The molecule has 0 saturated carbocycles. The maximum absolute atomic E-state index is 11.4. The van der Waals surface area contributed by atoms with E-state index < -0.39 is 0 Å². The number of hydrogen-bond acceptors (Lipinski definition) is 3. The van der Waals surface area contributed by atoms with Crippen LogP contribution in [0.25, 0.3) is 0 Å². The van der Waals surface area contributed by atoms with Crippen molar-refractivity contribution in [1.29, 1.82) is 0 Å². The smallest absolute Gasteiger partial charge is 0.292 e. The molecule has 0 spiro atoms. The highest BCUT2D eigenvalue weighted by Gasteiger charge is 2.41. The van der Waals surface area contributed by atoms with Crippen LogP contribution in [0.3, 0.4) is 0 Å². The third-order valence-corrected chi connectivity index (χ3v) is 5.72. The Labute approximate surface area is 149 Å². The quantitative estimate of drug-likeness (QED) is 0.422. The first-order valence-electron chi connectivity index (χ1n) is 7.72. The second kappa shape index (κ2) is 5.80. The van der Waals surface area contributed by atoms with E-state index in [2.05, 4.69) is 17.5 Å². The van der Waals surface area contributed by atoms with Crippen LogP contribution in [-0.4, -0.2) is 4.92 Å². The second-order valence-electron chi connectivity index (χ2n) is 6.12. The van der Waals surface area contributed by atoms with Crippen LogP contribution in [0, 0.1) is 16.0 Å². The second-order valence-corrected chi connectivity index (χ2v) is 6.90. The Balaban J connectivity index is 1.88. The zero-order valence-corrected chi connectivity index (χ0v) is 14.1. The molecule has 1 heterocycles. The fourth-order valence-corrected chi connectivity index (χ4v) is 4.25. The fourth-order valence-electron chi connectivity index (χ4n) is 3.83. The van der Waals surface area contributed by atoms with Gasteiger partial charge in [0, 0.05) is 12.0 Å². The van der Waals surface area contributed by atoms with Gasteiger partial charge in [0.05, 0.1) is 21.0 Å². The largest absolute Gasteiger partial charge is 0.372 e. The van der Waals surface area contributed by atoms with Crippen LogP contribution in [-0.2, 0) is 0 Å². The molecule has 4 nitrogen and oxygen atoms in total. The molecule has 2 aliphatic rings. The lowest BCUT2D eigenvalue weighted by molar-refractivity contribution is -0.384. The Hall–Kier alpha value is -2.04. The van der Waals surface area contributed by atoms with Gasteiger partial charge in [0.15, 0.2) is 0 Å². The first-order valence-corrected chi connectivity index (χ1v) is 8.48. The minimum atomic E-state index is -0.346. The number of nitro benzene ring substituents is 1. The van der Waals surface area contributed by atoms with E-state index in [1.54, 1.807) is 12.1 Å². The number of nitrogens with zero attached hydrogens (tertiary/aromatic N) is 1. The Morgan fingerprint density at radius 3 is 2.67 bits per heavy atom. The van der Waals surface area contributed by atoms with E-state index >= 15 is 0 Å². The van der Waals surface area contributed by atoms with Gasteiger partial charge < -0.3 is 5.32 Å². The van der Waals surface area contributed by atoms with Crippen LogP contribution in [0.1, 0.15) is 29.5 Å². The molecule has 0 saturated heterocycles. The fraction of sp³-hybridized carbons (Fsp3) is 0.222. The Kier molecular flexibility index (Phi) is 3.74. The number of fused-ring (bicyclic) bond motifs is 3. The molecule has 2 aromatic carbocycles. The topological polar surface area (TPSA) is 55.2 Å². The van der Waals surface area contributed by atoms with Crippen molar-refractivity contribution in [3.8, 4) is 0 Å². The maximum atomic E-state index is 11.4. The predicted octanol–water partition coefficient (Wildman–Crippen LogP) is 5.73. The average Bonchev–Trinajstić information content (AvgIpc) is 3.06. The molecule has 24 heavy (non-hydrogen) atoms. The Morgan fingerprint density at radius 2 is 1.88 bits per heavy atom. The highest BCUT2D eigenvalue weighted by molar-refractivity contribution is 6.42. The van der Waals surface area contributed by atoms with Gasteiger partial charge in [0.25, 0.3) is 5.69 Å². The standard InChI is InChI=1S/C18H14Cl2N2O2/c19-14-8-2-7-13(16(14)20)17-11-5-1-4-10(11)12-6-3-9-15(22(23)24)18(12)21-17/h1-4,6-11,17,21H,5H2/t10-,11+,17-/m0/s1. The lowest BCUT2D eigenvalue weighted by Gasteiger charge is -2.37. The van der Waals surface area contributed by atoms with E-state index in [0.717, 1.165) is 17.5 Å². The van der Waals surface area contributed by atoms with Gasteiger partial charge in [0.2, 0.25) is 0 Å². The number of para-hydroxylation sites is 1. The molecule has 1 aliphatic carbocycles. The predicted molar refractivity (Wildman–Crippen MR) is 95.9 cm³/mol. The van der Waals surface area contributed by atoms with Crippen molar-refractivity contribution >= 4 is 34.6 Å². The Morgan fingerprint density at radius 1 is 1.12 bits per heavy atom. The van der Waals surface area contributed by atoms with Crippen molar-refractivity contribution in [3.05, 3.63) is 79.8 Å². The molecule has 0 radical (unpaired) electrons. The molecule has 122 valence electrons. The molecule has 6 heteroatoms. The summed E-state index contributed by atoms with van der Waals surface area (Å²) in [6.45, 7) is 0. The van der Waals surface area contributed by atoms with Gasteiger partial charge >= 0.3 is 0 Å². The number of nitro groups is 1. The van der Waals surface area contributed by atoms with Crippen molar-refractivity contribution in [3.63, 3.8) is 0 Å². The molecule has 2 aromatic rings. The zero-order chi connectivity index (χ0) is 16.8. The molecule has 3 atom stereocenters. The van der Waals surface area contributed by atoms with Crippen molar-refractivity contribution in [2.24, 2.45) is 5.92 Å². The van der Waals surface area contributed by atoms with Crippen LogP contribution in [0.5, 0.6) is 0 Å². The summed E-state index contributed by atoms with van der Waals surface area (Å²) >= 11 is 12.6. The molecule has 4 rings (SSSR count). The molecular formula is C18H14Cl2N2O2. The molecule has 0 aromatic heterocycles. The molecule has 1 aliphatic heterocycles. The maximum Gasteiger partial charge on any atom is 0.292 e. The van der Waals surface area contributed by atoms with Gasteiger partial charge in [-0.3, -0.25) is 10.1 Å². The highest BCUT2D eigenvalue weighted by Crippen LogP contribution is 2.53. The van der Waals surface area contributed by atoms with Crippen LogP contribution >= 0.6 is 23.2 Å². The normalized spacial score (nSPS) is 24.2. The summed E-state index contributed by atoms with van der Waals surface area (Å²) < 4.78 is 0. The first kappa shape index (κ1) is 15.5. The summed E-state index contributed by atoms with van der Waals surface area (Å²) in [6.07, 6.45) is 5.17. The van der Waals surface area contributed by atoms with Crippen molar-refractivity contribution in [2.75, 3.05) is 5.32 Å². The first-order chi connectivity index (χ1) is 11.6. The van der Waals surface area contributed by atoms with Crippen molar-refractivity contribution < 1.29 is 4.92 Å². The van der Waals surface area contributed by atoms with Crippen LogP contribution in [0.2, 0.25) is 10.0 Å². The Bertz CT molecular complexity index is 866. The average molecular weight is 361 g/mol. The lowest BCUT2D eigenvalue weighted by atomic mass is 9.77. The third kappa shape index (κ3) is 2.29. The van der Waals surface area contributed by atoms with E-state index in [9.17, 15) is 10.1 Å². The molecule has 0 amide bonds. The van der Waals surface area contributed by atoms with Crippen LogP contribution in [0.4, 0.5) is 11.4 Å². The summed E-state index contributed by atoms with van der Waals surface area (Å²) in [5.74, 6) is 0.400. The van der Waals surface area contributed by atoms with Gasteiger partial charge in [-0.1, -0.05) is 59.6 Å². The van der Waals surface area contributed by atoms with Crippen molar-refractivity contribution in [1.82, 2.24) is 0 Å². The zero-order valence-electron chi connectivity index (χ0n) is 12.6. The molecule has 0 fully saturated rings. The number of rotatable bonds is 2. The van der Waals surface area contributed by atoms with E-state index in [-0.39, 0.29) is 28.5 Å². The van der Waals surface area contributed by atoms with Gasteiger partial charge in [0.1, 0.15) is 5.69 Å². The summed E-state index contributed by atoms with van der Waals surface area (Å²) in [5, 5.41) is 15.8. The summed E-state index contributed by atoms with van der Waals surface area (Å²) in [6, 6.07) is 10.6. The van der Waals surface area contributed by atoms with Crippen LogP contribution in [0.15, 0.2) is 48.6 Å². The number of nitrogens with one attached hydrogen (secondary N) is 1. The molecular weight excluding hydrogens is 347 g/mol. The molecule has 0 unspecified atom stereocenters. The van der Waals surface area contributed by atoms with E-state index in [4.69, 9.17) is 23.2 Å². The summed E-state index contributed by atoms with van der Waals surface area (Å²) in [4.78, 5) is 11.1. The summed E-state index contributed by atoms with van der Waals surface area (Å²) in [7, 11) is 0. The SMILES string of the molecule is O=[N+]([O-])c1cccc2c1N[C@H](c1cccc(Cl)c1Cl)[C@@H]1CC=C[C@H]21. The highest BCUT2D eigenvalue weighted by atomic mass is 35.5. The van der Waals surface area contributed by atoms with E-state index in [1.165, 1.54) is 6.07 Å². The summed E-state index contributed by atoms with van der Waals surface area (Å²) in [5.41, 5.74) is 2.52. The van der Waals surface area contributed by atoms with E-state index in [0.29, 0.717) is 15.7 Å². The van der Waals surface area contributed by atoms with Crippen molar-refractivity contribution in [2.45, 2.75) is 18.4 Å². The minimum Gasteiger partial charge on any atom is -0.372 e. The number of benzene rings is 2. The lowest BCUT2D eigenvalue weighted by Crippen LogP contribution is -2.29.